The lowest BCUT2D eigenvalue weighted by Gasteiger charge is -2.24. The minimum Gasteiger partial charge on any atom is -0.329 e. The van der Waals surface area contributed by atoms with Crippen molar-refractivity contribution in [2.24, 2.45) is 0 Å². The van der Waals surface area contributed by atoms with Crippen LogP contribution in [-0.4, -0.2) is 101 Å². The molecule has 2 unspecified atom stereocenters. The second kappa shape index (κ2) is 24.4. The van der Waals surface area contributed by atoms with E-state index in [0.717, 1.165) is 38.5 Å². The van der Waals surface area contributed by atoms with Gasteiger partial charge in [0.1, 0.15) is 26.3 Å². The monoisotopic (exact) mass is 646 g/mol. The van der Waals surface area contributed by atoms with E-state index in [9.17, 15) is 18.9 Å². The summed E-state index contributed by atoms with van der Waals surface area (Å²) in [6, 6.07) is 0. The fourth-order valence-electron chi connectivity index (χ4n) is 4.33. The van der Waals surface area contributed by atoms with Crippen LogP contribution in [0.4, 0.5) is 0 Å². The number of likely N-dealkylation sites (N-methyl/N-ethyl adjacent to an activating group) is 2. The quantitative estimate of drug-likeness (QED) is 0.0448. The van der Waals surface area contributed by atoms with E-state index in [0.29, 0.717) is 22.1 Å². The zero-order chi connectivity index (χ0) is 31.8. The van der Waals surface area contributed by atoms with Crippen molar-refractivity contribution in [2.75, 3.05) is 81.8 Å². The topological polar surface area (TPSA) is 112 Å². The maximum absolute atomic E-state index is 11.8. The van der Waals surface area contributed by atoms with Crippen molar-refractivity contribution in [3.63, 3.8) is 0 Å². The molecule has 12 heteroatoms. The van der Waals surface area contributed by atoms with Crippen LogP contribution in [0, 0.1) is 0 Å². The Hall–Kier alpha value is 0.140. The van der Waals surface area contributed by atoms with E-state index >= 15 is 0 Å². The molecule has 0 radical (unpaired) electrons. The van der Waals surface area contributed by atoms with Gasteiger partial charge in [-0.25, -0.2) is 9.13 Å². The first-order valence-electron chi connectivity index (χ1n) is 16.5. The molecular formula is C30H68N2O8P2+2. The Morgan fingerprint density at radius 2 is 0.571 bits per heavy atom. The van der Waals surface area contributed by atoms with Crippen LogP contribution in [0.3, 0.4) is 0 Å². The molecule has 0 saturated heterocycles. The van der Waals surface area contributed by atoms with E-state index in [1.807, 2.05) is 42.3 Å². The molecule has 0 rings (SSSR count). The summed E-state index contributed by atoms with van der Waals surface area (Å²) in [6.07, 6.45) is 21.5. The number of rotatable bonds is 31. The van der Waals surface area contributed by atoms with Crippen molar-refractivity contribution in [1.82, 2.24) is 0 Å². The minimum absolute atomic E-state index is 0.213. The SMILES string of the molecule is C[N+](C)(C)CCOP(=O)(O)OCCCCCCCCCCCCCCCCCCCCOP(=O)(O)OCC[N+](C)(C)C. The smallest absolute Gasteiger partial charge is 0.329 e. The van der Waals surface area contributed by atoms with E-state index in [2.05, 4.69) is 0 Å². The first kappa shape index (κ1) is 42.1. The zero-order valence-electron chi connectivity index (χ0n) is 28.1. The fourth-order valence-corrected chi connectivity index (χ4v) is 5.82. The summed E-state index contributed by atoms with van der Waals surface area (Å²) in [6.45, 7) is 2.29. The van der Waals surface area contributed by atoms with E-state index < -0.39 is 15.6 Å². The molecule has 2 atom stereocenters. The molecular weight excluding hydrogens is 578 g/mol. The van der Waals surface area contributed by atoms with Crippen LogP contribution in [-0.2, 0) is 27.2 Å². The van der Waals surface area contributed by atoms with Gasteiger partial charge in [0.15, 0.2) is 0 Å². The van der Waals surface area contributed by atoms with Gasteiger partial charge in [-0.3, -0.25) is 18.1 Å². The highest BCUT2D eigenvalue weighted by molar-refractivity contribution is 7.47. The van der Waals surface area contributed by atoms with Gasteiger partial charge in [0.2, 0.25) is 0 Å². The maximum atomic E-state index is 11.8. The molecule has 0 fully saturated rings. The van der Waals surface area contributed by atoms with Gasteiger partial charge in [0.05, 0.1) is 55.5 Å². The molecule has 0 spiro atoms. The third kappa shape index (κ3) is 33.0. The van der Waals surface area contributed by atoms with Gasteiger partial charge in [-0.15, -0.1) is 0 Å². The average Bonchev–Trinajstić information content (AvgIpc) is 2.85. The molecule has 0 aliphatic carbocycles. The highest BCUT2D eigenvalue weighted by Gasteiger charge is 2.23. The van der Waals surface area contributed by atoms with E-state index in [1.54, 1.807) is 0 Å². The largest absolute Gasteiger partial charge is 0.472 e. The van der Waals surface area contributed by atoms with Crippen molar-refractivity contribution in [3.05, 3.63) is 0 Å². The number of unbranched alkanes of at least 4 members (excludes halogenated alkanes) is 17. The summed E-state index contributed by atoms with van der Waals surface area (Å²) in [7, 11) is 4.22. The third-order valence-corrected chi connectivity index (χ3v) is 9.12. The van der Waals surface area contributed by atoms with Gasteiger partial charge in [-0.1, -0.05) is 103 Å². The predicted molar refractivity (Wildman–Crippen MR) is 172 cm³/mol. The van der Waals surface area contributed by atoms with Crippen molar-refractivity contribution < 1.29 is 46.0 Å². The average molecular weight is 647 g/mol. The number of quaternary nitrogens is 2. The van der Waals surface area contributed by atoms with Crippen LogP contribution in [0.1, 0.15) is 116 Å². The minimum atomic E-state index is -3.91. The number of hydrogen-bond acceptors (Lipinski definition) is 6. The summed E-state index contributed by atoms with van der Waals surface area (Å²) < 4.78 is 45.2. The van der Waals surface area contributed by atoms with Crippen LogP contribution in [0.15, 0.2) is 0 Å². The molecule has 0 saturated carbocycles. The fraction of sp³-hybridized carbons (Fsp3) is 1.00. The normalized spacial score (nSPS) is 15.5. The second-order valence-corrected chi connectivity index (χ2v) is 16.6. The second-order valence-electron chi connectivity index (χ2n) is 13.7. The van der Waals surface area contributed by atoms with Gasteiger partial charge < -0.3 is 18.8 Å². The Labute approximate surface area is 258 Å². The number of nitrogens with zero attached hydrogens (tertiary/aromatic N) is 2. The predicted octanol–water partition coefficient (Wildman–Crippen LogP) is 7.69. The Balaban J connectivity index is 3.33. The molecule has 2 N–H and O–H groups in total. The van der Waals surface area contributed by atoms with E-state index in [1.165, 1.54) is 77.0 Å². The van der Waals surface area contributed by atoms with Crippen LogP contribution < -0.4 is 0 Å². The zero-order valence-corrected chi connectivity index (χ0v) is 29.9. The van der Waals surface area contributed by atoms with Crippen molar-refractivity contribution >= 4 is 15.6 Å². The standard InChI is InChI=1S/C30H66N2O8P2/c1-31(2,3)25-29-39-41(33,34)37-27-23-21-19-17-15-13-11-9-7-8-10-12-14-16-18-20-22-24-28-38-42(35,36)40-30-26-32(4,5)6/h7-30H2,1-6H3/p+2. The highest BCUT2D eigenvalue weighted by Crippen LogP contribution is 2.43. The number of phosphoric acid groups is 2. The number of phosphoric ester groups is 2. The first-order valence-corrected chi connectivity index (χ1v) is 19.5. The summed E-state index contributed by atoms with van der Waals surface area (Å²) in [5.41, 5.74) is 0. The van der Waals surface area contributed by atoms with Crippen molar-refractivity contribution in [1.29, 1.82) is 0 Å². The Morgan fingerprint density at radius 1 is 0.381 bits per heavy atom. The molecule has 42 heavy (non-hydrogen) atoms. The summed E-state index contributed by atoms with van der Waals surface area (Å²) in [4.78, 5) is 19.4. The molecule has 0 aromatic rings. The Bertz CT molecular complexity index is 669. The molecule has 10 nitrogen and oxygen atoms in total. The first-order chi connectivity index (χ1) is 19.6. The van der Waals surface area contributed by atoms with Crippen LogP contribution in [0.25, 0.3) is 0 Å². The molecule has 0 aliphatic heterocycles. The lowest BCUT2D eigenvalue weighted by atomic mass is 10.0. The van der Waals surface area contributed by atoms with Gasteiger partial charge in [0.25, 0.3) is 0 Å². The molecule has 0 aromatic heterocycles. The van der Waals surface area contributed by atoms with E-state index in [4.69, 9.17) is 18.1 Å². The lowest BCUT2D eigenvalue weighted by molar-refractivity contribution is -0.870. The molecule has 0 bridgehead atoms. The lowest BCUT2D eigenvalue weighted by Crippen LogP contribution is -2.37. The van der Waals surface area contributed by atoms with Crippen molar-refractivity contribution in [2.45, 2.75) is 116 Å². The Morgan fingerprint density at radius 3 is 0.786 bits per heavy atom. The molecule has 254 valence electrons. The van der Waals surface area contributed by atoms with Gasteiger partial charge >= 0.3 is 15.6 Å². The van der Waals surface area contributed by atoms with Gasteiger partial charge in [0, 0.05) is 0 Å². The van der Waals surface area contributed by atoms with Crippen LogP contribution in [0.2, 0.25) is 0 Å². The summed E-state index contributed by atoms with van der Waals surface area (Å²) in [5, 5.41) is 0. The maximum Gasteiger partial charge on any atom is 0.472 e. The van der Waals surface area contributed by atoms with Crippen LogP contribution in [0.5, 0.6) is 0 Å². The van der Waals surface area contributed by atoms with E-state index in [-0.39, 0.29) is 26.4 Å². The van der Waals surface area contributed by atoms with Gasteiger partial charge in [-0.2, -0.15) is 0 Å². The highest BCUT2D eigenvalue weighted by atomic mass is 31.2. The molecule has 0 amide bonds. The van der Waals surface area contributed by atoms with Crippen LogP contribution >= 0.6 is 15.6 Å². The van der Waals surface area contributed by atoms with Gasteiger partial charge in [-0.05, 0) is 12.8 Å². The molecule has 0 heterocycles. The third-order valence-electron chi connectivity index (χ3n) is 7.08. The molecule has 0 aromatic carbocycles. The summed E-state index contributed by atoms with van der Waals surface area (Å²) >= 11 is 0. The number of hydrogen-bond donors (Lipinski definition) is 2. The summed E-state index contributed by atoms with van der Waals surface area (Å²) in [5.74, 6) is 0. The Kier molecular flexibility index (Phi) is 24.5. The molecule has 0 aliphatic rings. The van der Waals surface area contributed by atoms with Crippen molar-refractivity contribution in [3.8, 4) is 0 Å².